The summed E-state index contributed by atoms with van der Waals surface area (Å²) in [7, 11) is 0. The molecule has 0 aliphatic heterocycles. The Morgan fingerprint density at radius 1 is 1.53 bits per heavy atom. The lowest BCUT2D eigenvalue weighted by atomic mass is 10.2. The van der Waals surface area contributed by atoms with Crippen molar-refractivity contribution in [3.05, 3.63) is 29.8 Å². The Hall–Kier alpha value is -1.55. The monoisotopic (exact) mass is 263 g/mol. The predicted molar refractivity (Wildman–Crippen MR) is 73.1 cm³/mol. The average Bonchev–Trinajstić information content (AvgIpc) is 3.27. The van der Waals surface area contributed by atoms with E-state index in [1.165, 1.54) is 5.56 Å². The van der Waals surface area contributed by atoms with Crippen molar-refractivity contribution in [3.8, 4) is 5.75 Å². The van der Waals surface area contributed by atoms with Crippen LogP contribution in [0.2, 0.25) is 0 Å². The number of nitrogens with one attached hydrogen (secondary N) is 1. The topological polar surface area (TPSA) is 58.6 Å². The zero-order chi connectivity index (χ0) is 13.7. The smallest absolute Gasteiger partial charge is 0.258 e. The summed E-state index contributed by atoms with van der Waals surface area (Å²) in [4.78, 5) is 11.6. The van der Waals surface area contributed by atoms with Crippen LogP contribution in [-0.2, 0) is 11.2 Å². The SMILES string of the molecule is CCc1cccc(OCC(=O)NCC(O)C2CC2)c1. The van der Waals surface area contributed by atoms with Crippen molar-refractivity contribution in [1.82, 2.24) is 5.32 Å². The van der Waals surface area contributed by atoms with Crippen LogP contribution < -0.4 is 10.1 Å². The van der Waals surface area contributed by atoms with E-state index in [9.17, 15) is 9.90 Å². The molecular weight excluding hydrogens is 242 g/mol. The number of rotatable bonds is 7. The van der Waals surface area contributed by atoms with Crippen molar-refractivity contribution in [2.24, 2.45) is 5.92 Å². The van der Waals surface area contributed by atoms with Crippen molar-refractivity contribution < 1.29 is 14.6 Å². The van der Waals surface area contributed by atoms with Crippen molar-refractivity contribution in [3.63, 3.8) is 0 Å². The first-order chi connectivity index (χ1) is 9.19. The van der Waals surface area contributed by atoms with Crippen molar-refractivity contribution >= 4 is 5.91 Å². The van der Waals surface area contributed by atoms with Gasteiger partial charge in [0, 0.05) is 6.54 Å². The summed E-state index contributed by atoms with van der Waals surface area (Å²) in [6, 6.07) is 7.72. The number of aliphatic hydroxyl groups is 1. The summed E-state index contributed by atoms with van der Waals surface area (Å²) >= 11 is 0. The van der Waals surface area contributed by atoms with Gasteiger partial charge < -0.3 is 15.2 Å². The molecule has 1 amide bonds. The van der Waals surface area contributed by atoms with Gasteiger partial charge in [0.15, 0.2) is 6.61 Å². The molecule has 2 rings (SSSR count). The molecular formula is C15H21NO3. The second-order valence-electron chi connectivity index (χ2n) is 5.00. The van der Waals surface area contributed by atoms with E-state index >= 15 is 0 Å². The maximum atomic E-state index is 11.6. The number of ether oxygens (including phenoxy) is 1. The Kier molecular flexibility index (Phi) is 4.80. The van der Waals surface area contributed by atoms with Crippen LogP contribution in [0.1, 0.15) is 25.3 Å². The molecule has 1 atom stereocenters. The number of hydrogen-bond donors (Lipinski definition) is 2. The first-order valence-corrected chi connectivity index (χ1v) is 6.85. The molecule has 1 aromatic carbocycles. The molecule has 1 saturated carbocycles. The normalized spacial score (nSPS) is 15.9. The maximum Gasteiger partial charge on any atom is 0.258 e. The first kappa shape index (κ1) is 13.9. The number of benzene rings is 1. The molecule has 1 aliphatic carbocycles. The van der Waals surface area contributed by atoms with Gasteiger partial charge in [-0.1, -0.05) is 19.1 Å². The largest absolute Gasteiger partial charge is 0.484 e. The summed E-state index contributed by atoms with van der Waals surface area (Å²) in [6.07, 6.45) is 2.67. The highest BCUT2D eigenvalue weighted by Gasteiger charge is 2.29. The van der Waals surface area contributed by atoms with E-state index in [4.69, 9.17) is 4.74 Å². The molecule has 2 N–H and O–H groups in total. The fraction of sp³-hybridized carbons (Fsp3) is 0.533. The average molecular weight is 263 g/mol. The number of hydrogen-bond acceptors (Lipinski definition) is 3. The summed E-state index contributed by atoms with van der Waals surface area (Å²) in [5.41, 5.74) is 1.18. The van der Waals surface area contributed by atoms with Crippen molar-refractivity contribution in [2.75, 3.05) is 13.2 Å². The quantitative estimate of drug-likeness (QED) is 0.784. The number of carbonyl (C=O) groups is 1. The van der Waals surface area contributed by atoms with Crippen LogP contribution in [0.25, 0.3) is 0 Å². The summed E-state index contributed by atoms with van der Waals surface area (Å²) < 4.78 is 5.43. The van der Waals surface area contributed by atoms with Crippen LogP contribution in [0.5, 0.6) is 5.75 Å². The highest BCUT2D eigenvalue weighted by molar-refractivity contribution is 5.77. The molecule has 19 heavy (non-hydrogen) atoms. The molecule has 0 radical (unpaired) electrons. The Morgan fingerprint density at radius 3 is 3.00 bits per heavy atom. The Balaban J connectivity index is 1.70. The van der Waals surface area contributed by atoms with Gasteiger partial charge in [0.25, 0.3) is 5.91 Å². The zero-order valence-electron chi connectivity index (χ0n) is 11.3. The minimum atomic E-state index is -0.410. The van der Waals surface area contributed by atoms with Gasteiger partial charge in [0.2, 0.25) is 0 Å². The standard InChI is InChI=1S/C15H21NO3/c1-2-11-4-3-5-13(8-11)19-10-15(18)16-9-14(17)12-6-7-12/h3-5,8,12,14,17H,2,6-7,9-10H2,1H3,(H,16,18). The van der Waals surface area contributed by atoms with Gasteiger partial charge in [-0.05, 0) is 42.9 Å². The van der Waals surface area contributed by atoms with Gasteiger partial charge in [0.05, 0.1) is 6.10 Å². The predicted octanol–water partition coefficient (Wildman–Crippen LogP) is 1.51. The van der Waals surface area contributed by atoms with Crippen LogP contribution >= 0.6 is 0 Å². The number of aryl methyl sites for hydroxylation is 1. The number of amides is 1. The Bertz CT molecular complexity index is 429. The van der Waals surface area contributed by atoms with Crippen molar-refractivity contribution in [1.29, 1.82) is 0 Å². The molecule has 0 bridgehead atoms. The van der Waals surface area contributed by atoms with E-state index in [0.717, 1.165) is 19.3 Å². The first-order valence-electron chi connectivity index (χ1n) is 6.85. The summed E-state index contributed by atoms with van der Waals surface area (Å²) in [5.74, 6) is 0.890. The molecule has 1 aromatic rings. The van der Waals surface area contributed by atoms with Gasteiger partial charge in [-0.25, -0.2) is 0 Å². The third kappa shape index (κ3) is 4.56. The highest BCUT2D eigenvalue weighted by Crippen LogP contribution is 2.32. The fourth-order valence-electron chi connectivity index (χ4n) is 1.92. The van der Waals surface area contributed by atoms with Crippen molar-refractivity contribution in [2.45, 2.75) is 32.3 Å². The molecule has 1 fully saturated rings. The molecule has 4 heteroatoms. The molecule has 4 nitrogen and oxygen atoms in total. The van der Waals surface area contributed by atoms with Crippen LogP contribution in [0, 0.1) is 5.92 Å². The molecule has 1 aliphatic rings. The van der Waals surface area contributed by atoms with E-state index in [1.54, 1.807) is 0 Å². The van der Waals surface area contributed by atoms with E-state index in [1.807, 2.05) is 24.3 Å². The van der Waals surface area contributed by atoms with Crippen LogP contribution in [0.4, 0.5) is 0 Å². The fourth-order valence-corrected chi connectivity index (χ4v) is 1.92. The molecule has 1 unspecified atom stereocenters. The molecule has 0 spiro atoms. The van der Waals surface area contributed by atoms with Gasteiger partial charge in [-0.15, -0.1) is 0 Å². The summed E-state index contributed by atoms with van der Waals surface area (Å²) in [6.45, 7) is 2.39. The zero-order valence-corrected chi connectivity index (χ0v) is 11.3. The maximum absolute atomic E-state index is 11.6. The lowest BCUT2D eigenvalue weighted by molar-refractivity contribution is -0.123. The number of aliphatic hydroxyl groups excluding tert-OH is 1. The van der Waals surface area contributed by atoms with E-state index in [-0.39, 0.29) is 12.5 Å². The third-order valence-corrected chi connectivity index (χ3v) is 3.35. The Morgan fingerprint density at radius 2 is 2.32 bits per heavy atom. The van der Waals surface area contributed by atoms with Gasteiger partial charge in [-0.3, -0.25) is 4.79 Å². The van der Waals surface area contributed by atoms with Gasteiger partial charge >= 0.3 is 0 Å². The van der Waals surface area contributed by atoms with Gasteiger partial charge in [0.1, 0.15) is 5.75 Å². The molecule has 0 aromatic heterocycles. The molecule has 0 saturated heterocycles. The van der Waals surface area contributed by atoms with Crippen LogP contribution in [0.15, 0.2) is 24.3 Å². The third-order valence-electron chi connectivity index (χ3n) is 3.35. The summed E-state index contributed by atoms with van der Waals surface area (Å²) in [5, 5.41) is 12.3. The van der Waals surface area contributed by atoms with Crippen LogP contribution in [-0.4, -0.2) is 30.3 Å². The van der Waals surface area contributed by atoms with Crippen LogP contribution in [0.3, 0.4) is 0 Å². The molecule has 0 heterocycles. The highest BCUT2D eigenvalue weighted by atomic mass is 16.5. The van der Waals surface area contributed by atoms with Gasteiger partial charge in [-0.2, -0.15) is 0 Å². The van der Waals surface area contributed by atoms with E-state index in [2.05, 4.69) is 12.2 Å². The minimum absolute atomic E-state index is 0.00937. The lowest BCUT2D eigenvalue weighted by Crippen LogP contribution is -2.36. The van der Waals surface area contributed by atoms with E-state index in [0.29, 0.717) is 18.2 Å². The Labute approximate surface area is 113 Å². The second-order valence-corrected chi connectivity index (χ2v) is 5.00. The van der Waals surface area contributed by atoms with E-state index < -0.39 is 6.10 Å². The lowest BCUT2D eigenvalue weighted by Gasteiger charge is -2.11. The number of carbonyl (C=O) groups excluding carboxylic acids is 1. The molecule has 104 valence electrons. The minimum Gasteiger partial charge on any atom is -0.484 e. The second kappa shape index (κ2) is 6.57.